The second kappa shape index (κ2) is 7.68. The van der Waals surface area contributed by atoms with Gasteiger partial charge in [-0.25, -0.2) is 0 Å². The average molecular weight is 373 g/mol. The highest BCUT2D eigenvalue weighted by atomic mass is 16.5. The minimum atomic E-state index is 0.0637. The maximum atomic E-state index is 13.0. The number of methoxy groups -OCH3 is 2. The van der Waals surface area contributed by atoms with Gasteiger partial charge in [0.2, 0.25) is 5.91 Å². The van der Waals surface area contributed by atoms with E-state index in [4.69, 9.17) is 15.2 Å². The zero-order chi connectivity index (χ0) is 19.0. The summed E-state index contributed by atoms with van der Waals surface area (Å²) in [5.74, 6) is 3.18. The minimum absolute atomic E-state index is 0.0637. The van der Waals surface area contributed by atoms with Crippen LogP contribution < -0.4 is 15.2 Å². The van der Waals surface area contributed by atoms with Crippen LogP contribution in [0.15, 0.2) is 18.2 Å². The van der Waals surface area contributed by atoms with Crippen molar-refractivity contribution in [2.24, 2.45) is 23.5 Å². The number of rotatable bonds is 5. The third-order valence-electron chi connectivity index (χ3n) is 6.83. The SMILES string of the molecule is COc1ccc(OC)c(CN2CCN(C(=O)C3C4CCC(C4)C3N)CC2)c1. The van der Waals surface area contributed by atoms with Gasteiger partial charge < -0.3 is 20.1 Å². The quantitative estimate of drug-likeness (QED) is 0.851. The average Bonchev–Trinajstić information content (AvgIpc) is 3.29. The topological polar surface area (TPSA) is 68.0 Å². The third-order valence-corrected chi connectivity index (χ3v) is 6.83. The first kappa shape index (κ1) is 18.6. The molecule has 27 heavy (non-hydrogen) atoms. The highest BCUT2D eigenvalue weighted by molar-refractivity contribution is 5.80. The smallest absolute Gasteiger partial charge is 0.227 e. The Kier molecular flexibility index (Phi) is 5.28. The molecule has 0 radical (unpaired) electrons. The molecule has 0 spiro atoms. The van der Waals surface area contributed by atoms with Crippen LogP contribution in [-0.2, 0) is 11.3 Å². The molecule has 4 atom stereocenters. The first-order valence-electron chi connectivity index (χ1n) is 10.1. The van der Waals surface area contributed by atoms with Crippen LogP contribution in [0.3, 0.4) is 0 Å². The summed E-state index contributed by atoms with van der Waals surface area (Å²) in [5, 5.41) is 0. The van der Waals surface area contributed by atoms with E-state index >= 15 is 0 Å². The molecule has 1 amide bonds. The van der Waals surface area contributed by atoms with Gasteiger partial charge in [0.15, 0.2) is 0 Å². The second-order valence-electron chi connectivity index (χ2n) is 8.22. The van der Waals surface area contributed by atoms with Crippen LogP contribution in [0.25, 0.3) is 0 Å². The lowest BCUT2D eigenvalue weighted by atomic mass is 9.84. The summed E-state index contributed by atoms with van der Waals surface area (Å²) in [5.41, 5.74) is 7.49. The van der Waals surface area contributed by atoms with Crippen molar-refractivity contribution in [2.45, 2.75) is 31.8 Å². The van der Waals surface area contributed by atoms with Crippen LogP contribution in [-0.4, -0.2) is 62.1 Å². The fourth-order valence-electron chi connectivity index (χ4n) is 5.29. The summed E-state index contributed by atoms with van der Waals surface area (Å²) >= 11 is 0. The van der Waals surface area contributed by atoms with E-state index in [-0.39, 0.29) is 12.0 Å². The van der Waals surface area contributed by atoms with Crippen molar-refractivity contribution in [3.05, 3.63) is 23.8 Å². The Balaban J connectivity index is 1.35. The van der Waals surface area contributed by atoms with Crippen molar-refractivity contribution in [1.82, 2.24) is 9.80 Å². The van der Waals surface area contributed by atoms with E-state index in [2.05, 4.69) is 4.90 Å². The molecule has 6 nitrogen and oxygen atoms in total. The van der Waals surface area contributed by atoms with Gasteiger partial charge in [-0.15, -0.1) is 0 Å². The maximum absolute atomic E-state index is 13.0. The molecule has 3 aliphatic rings. The minimum Gasteiger partial charge on any atom is -0.497 e. The van der Waals surface area contributed by atoms with Gasteiger partial charge in [-0.3, -0.25) is 9.69 Å². The molecule has 4 rings (SSSR count). The molecule has 1 aromatic rings. The molecule has 2 bridgehead atoms. The van der Waals surface area contributed by atoms with Gasteiger partial charge in [-0.2, -0.15) is 0 Å². The normalized spacial score (nSPS) is 30.6. The number of piperazine rings is 1. The fraction of sp³-hybridized carbons (Fsp3) is 0.667. The molecule has 2 saturated carbocycles. The molecular formula is C21H31N3O3. The predicted molar refractivity (Wildman–Crippen MR) is 104 cm³/mol. The van der Waals surface area contributed by atoms with E-state index in [0.717, 1.165) is 56.2 Å². The fourth-order valence-corrected chi connectivity index (χ4v) is 5.29. The zero-order valence-electron chi connectivity index (χ0n) is 16.4. The van der Waals surface area contributed by atoms with E-state index in [0.29, 0.717) is 17.7 Å². The Hall–Kier alpha value is -1.79. The number of carbonyl (C=O) groups is 1. The Bertz CT molecular complexity index is 685. The van der Waals surface area contributed by atoms with Crippen LogP contribution in [0, 0.1) is 17.8 Å². The van der Waals surface area contributed by atoms with E-state index in [9.17, 15) is 4.79 Å². The predicted octanol–water partition coefficient (Wildman–Crippen LogP) is 1.72. The van der Waals surface area contributed by atoms with Crippen molar-refractivity contribution in [2.75, 3.05) is 40.4 Å². The molecule has 3 fully saturated rings. The summed E-state index contributed by atoms with van der Waals surface area (Å²) in [6, 6.07) is 5.97. The van der Waals surface area contributed by atoms with Crippen LogP contribution in [0.4, 0.5) is 0 Å². The molecule has 1 aliphatic heterocycles. The molecule has 2 N–H and O–H groups in total. The van der Waals surface area contributed by atoms with Gasteiger partial charge in [0.1, 0.15) is 11.5 Å². The lowest BCUT2D eigenvalue weighted by Gasteiger charge is -2.38. The molecule has 1 heterocycles. The van der Waals surface area contributed by atoms with E-state index in [1.807, 2.05) is 23.1 Å². The van der Waals surface area contributed by atoms with Gasteiger partial charge in [0.25, 0.3) is 0 Å². The van der Waals surface area contributed by atoms with Crippen molar-refractivity contribution >= 4 is 5.91 Å². The molecular weight excluding hydrogens is 342 g/mol. The largest absolute Gasteiger partial charge is 0.497 e. The Morgan fingerprint density at radius 1 is 1.11 bits per heavy atom. The summed E-state index contributed by atoms with van der Waals surface area (Å²) in [6.45, 7) is 4.12. The van der Waals surface area contributed by atoms with Gasteiger partial charge in [-0.1, -0.05) is 0 Å². The number of nitrogens with zero attached hydrogens (tertiary/aromatic N) is 2. The van der Waals surface area contributed by atoms with Crippen LogP contribution >= 0.6 is 0 Å². The van der Waals surface area contributed by atoms with Gasteiger partial charge in [0, 0.05) is 44.3 Å². The Morgan fingerprint density at radius 3 is 2.48 bits per heavy atom. The molecule has 1 aromatic carbocycles. The lowest BCUT2D eigenvalue weighted by Crippen LogP contribution is -2.53. The summed E-state index contributed by atoms with van der Waals surface area (Å²) in [7, 11) is 3.37. The number of hydrogen-bond donors (Lipinski definition) is 1. The Morgan fingerprint density at radius 2 is 1.85 bits per heavy atom. The second-order valence-corrected chi connectivity index (χ2v) is 8.22. The number of benzene rings is 1. The molecule has 4 unspecified atom stereocenters. The van der Waals surface area contributed by atoms with Crippen molar-refractivity contribution < 1.29 is 14.3 Å². The summed E-state index contributed by atoms with van der Waals surface area (Å²) < 4.78 is 10.8. The molecule has 1 saturated heterocycles. The van der Waals surface area contributed by atoms with Crippen LogP contribution in [0.5, 0.6) is 11.5 Å². The van der Waals surface area contributed by atoms with Gasteiger partial charge in [0.05, 0.1) is 20.1 Å². The lowest BCUT2D eigenvalue weighted by molar-refractivity contribution is -0.139. The van der Waals surface area contributed by atoms with Gasteiger partial charge in [-0.05, 0) is 49.3 Å². The standard InChI is InChI=1S/C21H31N3O3/c1-26-17-5-6-18(27-2)16(12-17)13-23-7-9-24(10-8-23)21(25)19-14-3-4-15(11-14)20(19)22/h5-6,12,14-15,19-20H,3-4,7-11,13,22H2,1-2H3. The first-order valence-corrected chi connectivity index (χ1v) is 10.1. The van der Waals surface area contributed by atoms with E-state index in [1.54, 1.807) is 14.2 Å². The number of ether oxygens (including phenoxy) is 2. The summed E-state index contributed by atoms with van der Waals surface area (Å²) in [4.78, 5) is 17.5. The number of fused-ring (bicyclic) bond motifs is 2. The number of hydrogen-bond acceptors (Lipinski definition) is 5. The highest BCUT2D eigenvalue weighted by Gasteiger charge is 2.50. The third kappa shape index (κ3) is 3.52. The van der Waals surface area contributed by atoms with Crippen LogP contribution in [0.1, 0.15) is 24.8 Å². The number of nitrogens with two attached hydrogens (primary N) is 1. The highest BCUT2D eigenvalue weighted by Crippen LogP contribution is 2.48. The molecule has 148 valence electrons. The molecule has 2 aliphatic carbocycles. The van der Waals surface area contributed by atoms with Gasteiger partial charge >= 0.3 is 0 Å². The number of carbonyl (C=O) groups excluding carboxylic acids is 1. The van der Waals surface area contributed by atoms with Crippen molar-refractivity contribution in [1.29, 1.82) is 0 Å². The van der Waals surface area contributed by atoms with E-state index in [1.165, 1.54) is 12.8 Å². The molecule has 0 aromatic heterocycles. The Labute approximate surface area is 161 Å². The zero-order valence-corrected chi connectivity index (χ0v) is 16.4. The van der Waals surface area contributed by atoms with Crippen molar-refractivity contribution in [3.63, 3.8) is 0 Å². The number of amides is 1. The van der Waals surface area contributed by atoms with Crippen LogP contribution in [0.2, 0.25) is 0 Å². The summed E-state index contributed by atoms with van der Waals surface area (Å²) in [6.07, 6.45) is 3.56. The maximum Gasteiger partial charge on any atom is 0.227 e. The van der Waals surface area contributed by atoms with Crippen molar-refractivity contribution in [3.8, 4) is 11.5 Å². The van der Waals surface area contributed by atoms with E-state index < -0.39 is 0 Å². The molecule has 6 heteroatoms. The monoisotopic (exact) mass is 373 g/mol. The first-order chi connectivity index (χ1) is 13.1.